The monoisotopic (exact) mass is 352 g/mol. The van der Waals surface area contributed by atoms with Crippen molar-refractivity contribution in [3.05, 3.63) is 32.6 Å². The van der Waals surface area contributed by atoms with Gasteiger partial charge in [-0.1, -0.05) is 12.2 Å². The van der Waals surface area contributed by atoms with Gasteiger partial charge in [0, 0.05) is 25.3 Å². The van der Waals surface area contributed by atoms with Crippen molar-refractivity contribution in [2.45, 2.75) is 31.5 Å². The molecule has 0 spiro atoms. The number of nitrogens with one attached hydrogen (secondary N) is 1. The van der Waals surface area contributed by atoms with Gasteiger partial charge < -0.3 is 19.1 Å². The highest BCUT2D eigenvalue weighted by molar-refractivity contribution is 8.39. The molecule has 2 rings (SSSR count). The summed E-state index contributed by atoms with van der Waals surface area (Å²) in [4.78, 5) is 25.5. The van der Waals surface area contributed by atoms with E-state index in [-0.39, 0.29) is 6.42 Å². The average Bonchev–Trinajstić information content (AvgIpc) is 2.81. The number of aryl methyl sites for hydroxylation is 1. The van der Waals surface area contributed by atoms with E-state index in [9.17, 15) is 19.3 Å². The SMILES string of the molecule is COC1(CO)O[C@@H](n2cc(C)c(=O)[nH]c2=O)CC1O[PH](=O)S. The summed E-state index contributed by atoms with van der Waals surface area (Å²) in [7, 11) is -1.31. The van der Waals surface area contributed by atoms with Gasteiger partial charge in [0.2, 0.25) is 13.0 Å². The third kappa shape index (κ3) is 3.22. The van der Waals surface area contributed by atoms with Gasteiger partial charge in [-0.15, -0.1) is 0 Å². The third-order valence-corrected chi connectivity index (χ3v) is 4.31. The standard InChI is InChI=1S/C11H17N2O7PS/c1-6-4-13(10(16)12-9(6)15)8-3-7(20-21(17)22)11(5-14,18-2)19-8/h4,7-8,14,21H,3,5H2,1-2H3,(H,17,22)(H,12,15,16)/t7?,8-,11?/m1/s1. The fourth-order valence-electron chi connectivity index (χ4n) is 2.33. The van der Waals surface area contributed by atoms with Crippen LogP contribution in [0.1, 0.15) is 18.2 Å². The van der Waals surface area contributed by atoms with E-state index in [1.165, 1.54) is 17.9 Å². The summed E-state index contributed by atoms with van der Waals surface area (Å²) in [6.07, 6.45) is -0.294. The van der Waals surface area contributed by atoms with Crippen LogP contribution in [0.2, 0.25) is 0 Å². The van der Waals surface area contributed by atoms with Crippen LogP contribution in [0, 0.1) is 6.92 Å². The van der Waals surface area contributed by atoms with Gasteiger partial charge in [-0.3, -0.25) is 18.9 Å². The Morgan fingerprint density at radius 1 is 1.64 bits per heavy atom. The Hall–Kier alpha value is -0.900. The molecule has 3 unspecified atom stereocenters. The quantitative estimate of drug-likeness (QED) is 0.496. The zero-order valence-electron chi connectivity index (χ0n) is 11.9. The second kappa shape index (κ2) is 6.69. The molecule has 9 nitrogen and oxygen atoms in total. The first-order valence-electron chi connectivity index (χ1n) is 6.38. The molecule has 1 aliphatic rings. The summed E-state index contributed by atoms with van der Waals surface area (Å²) in [6, 6.07) is 0. The highest BCUT2D eigenvalue weighted by Crippen LogP contribution is 2.43. The lowest BCUT2D eigenvalue weighted by Crippen LogP contribution is -2.45. The highest BCUT2D eigenvalue weighted by atomic mass is 32.7. The Labute approximate surface area is 131 Å². The molecule has 4 atom stereocenters. The van der Waals surface area contributed by atoms with Gasteiger partial charge in [-0.2, -0.15) is 0 Å². The van der Waals surface area contributed by atoms with Crippen LogP contribution in [-0.4, -0.2) is 40.3 Å². The molecule has 0 aromatic carbocycles. The molecule has 2 heterocycles. The van der Waals surface area contributed by atoms with E-state index in [4.69, 9.17) is 14.0 Å². The van der Waals surface area contributed by atoms with E-state index in [1.807, 2.05) is 0 Å². The van der Waals surface area contributed by atoms with E-state index in [0.717, 1.165) is 0 Å². The van der Waals surface area contributed by atoms with E-state index >= 15 is 0 Å². The van der Waals surface area contributed by atoms with Crippen LogP contribution in [0.4, 0.5) is 0 Å². The molecule has 0 bridgehead atoms. The smallest absolute Gasteiger partial charge is 0.330 e. The zero-order chi connectivity index (χ0) is 16.5. The second-order valence-corrected chi connectivity index (χ2v) is 6.70. The molecule has 2 N–H and O–H groups in total. The molecule has 1 aromatic rings. The molecule has 0 radical (unpaired) electrons. The van der Waals surface area contributed by atoms with E-state index < -0.39 is 43.2 Å². The molecule has 0 amide bonds. The summed E-state index contributed by atoms with van der Waals surface area (Å²) in [5, 5.41) is 9.54. The molecule has 1 aromatic heterocycles. The van der Waals surface area contributed by atoms with Gasteiger partial charge in [0.15, 0.2) is 0 Å². The van der Waals surface area contributed by atoms with Crippen molar-refractivity contribution in [3.8, 4) is 0 Å². The summed E-state index contributed by atoms with van der Waals surface area (Å²) < 4.78 is 28.4. The minimum atomic E-state index is -2.61. The number of aromatic amines is 1. The number of H-pyrrole nitrogens is 1. The molecule has 0 aliphatic carbocycles. The molecular weight excluding hydrogens is 335 g/mol. The average molecular weight is 352 g/mol. The second-order valence-electron chi connectivity index (χ2n) is 4.83. The Balaban J connectivity index is 2.39. The van der Waals surface area contributed by atoms with Crippen LogP contribution in [0.5, 0.6) is 0 Å². The lowest BCUT2D eigenvalue weighted by molar-refractivity contribution is -0.265. The molecule has 0 saturated carbocycles. The largest absolute Gasteiger partial charge is 0.391 e. The minimum absolute atomic E-state index is 0.0940. The van der Waals surface area contributed by atoms with Crippen molar-refractivity contribution in [1.82, 2.24) is 9.55 Å². The van der Waals surface area contributed by atoms with Crippen LogP contribution in [0.3, 0.4) is 0 Å². The number of methoxy groups -OCH3 is 1. The minimum Gasteiger partial charge on any atom is -0.391 e. The number of thiol groups is 1. The van der Waals surface area contributed by atoms with Crippen molar-refractivity contribution in [2.75, 3.05) is 13.7 Å². The van der Waals surface area contributed by atoms with Crippen LogP contribution in [0.25, 0.3) is 0 Å². The fourth-order valence-corrected chi connectivity index (χ4v) is 3.23. The molecule has 22 heavy (non-hydrogen) atoms. The van der Waals surface area contributed by atoms with Crippen LogP contribution in [-0.2, 0) is 18.6 Å². The third-order valence-electron chi connectivity index (χ3n) is 3.51. The maximum absolute atomic E-state index is 11.9. The predicted octanol–water partition coefficient (Wildman–Crippen LogP) is -0.196. The number of aliphatic hydroxyl groups is 1. The summed E-state index contributed by atoms with van der Waals surface area (Å²) in [6.45, 7) is 0.977. The fraction of sp³-hybridized carbons (Fsp3) is 0.636. The van der Waals surface area contributed by atoms with Crippen LogP contribution >= 0.6 is 19.5 Å². The molecule has 11 heteroatoms. The highest BCUT2D eigenvalue weighted by Gasteiger charge is 2.51. The first-order valence-corrected chi connectivity index (χ1v) is 8.99. The maximum Gasteiger partial charge on any atom is 0.330 e. The number of aliphatic hydroxyl groups excluding tert-OH is 1. The number of nitrogens with zero attached hydrogens (tertiary/aromatic N) is 1. The van der Waals surface area contributed by atoms with Gasteiger partial charge in [0.1, 0.15) is 12.3 Å². The van der Waals surface area contributed by atoms with E-state index in [1.54, 1.807) is 6.92 Å². The first kappa shape index (κ1) is 17.5. The Bertz CT molecular complexity index is 684. The number of ether oxygens (including phenoxy) is 2. The summed E-state index contributed by atoms with van der Waals surface area (Å²) in [5.41, 5.74) is -0.835. The molecular formula is C11H17N2O7PS. The van der Waals surface area contributed by atoms with Gasteiger partial charge in [0.05, 0.1) is 6.61 Å². The van der Waals surface area contributed by atoms with Crippen molar-refractivity contribution in [3.63, 3.8) is 0 Å². The number of rotatable bonds is 5. The number of hydrogen-bond donors (Lipinski definition) is 3. The van der Waals surface area contributed by atoms with Gasteiger partial charge in [-0.05, 0) is 6.92 Å². The lowest BCUT2D eigenvalue weighted by Gasteiger charge is -2.30. The molecule has 1 saturated heterocycles. The van der Waals surface area contributed by atoms with E-state index in [0.29, 0.717) is 5.56 Å². The molecule has 124 valence electrons. The Morgan fingerprint density at radius 2 is 2.32 bits per heavy atom. The Morgan fingerprint density at radius 3 is 2.86 bits per heavy atom. The number of aromatic nitrogens is 2. The lowest BCUT2D eigenvalue weighted by atomic mass is 10.1. The topological polar surface area (TPSA) is 120 Å². The van der Waals surface area contributed by atoms with Crippen LogP contribution < -0.4 is 11.2 Å². The van der Waals surface area contributed by atoms with Crippen molar-refractivity contribution in [2.24, 2.45) is 0 Å². The van der Waals surface area contributed by atoms with Gasteiger partial charge in [0.25, 0.3) is 5.56 Å². The molecule has 1 fully saturated rings. The predicted molar refractivity (Wildman–Crippen MR) is 80.5 cm³/mol. The van der Waals surface area contributed by atoms with Gasteiger partial charge in [-0.25, -0.2) is 4.79 Å². The zero-order valence-corrected chi connectivity index (χ0v) is 13.8. The van der Waals surface area contributed by atoms with Crippen molar-refractivity contribution < 1.29 is 23.7 Å². The van der Waals surface area contributed by atoms with E-state index in [2.05, 4.69) is 17.2 Å². The van der Waals surface area contributed by atoms with Gasteiger partial charge >= 0.3 is 5.69 Å². The first-order chi connectivity index (χ1) is 10.3. The Kier molecular flexibility index (Phi) is 5.31. The normalized spacial score (nSPS) is 29.6. The van der Waals surface area contributed by atoms with Crippen LogP contribution in [0.15, 0.2) is 15.8 Å². The number of hydrogen-bond acceptors (Lipinski definition) is 7. The van der Waals surface area contributed by atoms with Crippen molar-refractivity contribution in [1.29, 1.82) is 0 Å². The van der Waals surface area contributed by atoms with Crippen molar-refractivity contribution >= 4 is 19.5 Å². The maximum atomic E-state index is 11.9. The molecule has 1 aliphatic heterocycles. The summed E-state index contributed by atoms with van der Waals surface area (Å²) in [5.74, 6) is -1.56. The summed E-state index contributed by atoms with van der Waals surface area (Å²) >= 11 is 3.71.